The zero-order valence-electron chi connectivity index (χ0n) is 18.2. The number of benzene rings is 2. The standard InChI is InChI=1S/C23H28Cl2N2O4S/c1-16-10-17(2)12-21(11-16)31-9-7-26-23(28)18-4-3-8-27(14-18)32(29,30)15-19-5-6-20(24)13-22(19)25/h5-6,10-13,18H,3-4,7-9,14-15H2,1-2H3,(H,26,28). The molecule has 0 bridgehead atoms. The van der Waals surface area contributed by atoms with Crippen LogP contribution in [0.5, 0.6) is 5.75 Å². The van der Waals surface area contributed by atoms with Crippen LogP contribution in [0.25, 0.3) is 0 Å². The minimum Gasteiger partial charge on any atom is -0.492 e. The van der Waals surface area contributed by atoms with E-state index < -0.39 is 10.0 Å². The van der Waals surface area contributed by atoms with Crippen molar-refractivity contribution in [2.75, 3.05) is 26.2 Å². The molecule has 1 unspecified atom stereocenters. The molecule has 9 heteroatoms. The SMILES string of the molecule is Cc1cc(C)cc(OCCNC(=O)C2CCCN(S(=O)(=O)Cc3ccc(Cl)cc3Cl)C2)c1. The van der Waals surface area contributed by atoms with Crippen molar-refractivity contribution in [1.82, 2.24) is 9.62 Å². The molecular formula is C23H28Cl2N2O4S. The smallest absolute Gasteiger partial charge is 0.224 e. The summed E-state index contributed by atoms with van der Waals surface area (Å²) in [7, 11) is -3.61. The fourth-order valence-electron chi connectivity index (χ4n) is 3.84. The van der Waals surface area contributed by atoms with Crippen LogP contribution in [0.4, 0.5) is 0 Å². The summed E-state index contributed by atoms with van der Waals surface area (Å²) in [5, 5.41) is 3.63. The summed E-state index contributed by atoms with van der Waals surface area (Å²) < 4.78 is 32.9. The monoisotopic (exact) mass is 498 g/mol. The summed E-state index contributed by atoms with van der Waals surface area (Å²) >= 11 is 12.0. The van der Waals surface area contributed by atoms with Gasteiger partial charge < -0.3 is 10.1 Å². The molecule has 0 aromatic heterocycles. The number of aryl methyl sites for hydroxylation is 2. The van der Waals surface area contributed by atoms with Crippen LogP contribution < -0.4 is 10.1 Å². The molecule has 6 nitrogen and oxygen atoms in total. The molecule has 0 radical (unpaired) electrons. The zero-order chi connectivity index (χ0) is 23.3. The molecular weight excluding hydrogens is 471 g/mol. The van der Waals surface area contributed by atoms with E-state index in [1.54, 1.807) is 12.1 Å². The molecule has 3 rings (SSSR count). The van der Waals surface area contributed by atoms with Crippen molar-refractivity contribution in [2.45, 2.75) is 32.4 Å². The predicted molar refractivity (Wildman–Crippen MR) is 128 cm³/mol. The quantitative estimate of drug-likeness (QED) is 0.549. The van der Waals surface area contributed by atoms with Crippen molar-refractivity contribution in [3.8, 4) is 5.75 Å². The van der Waals surface area contributed by atoms with Gasteiger partial charge in [-0.05, 0) is 67.6 Å². The molecule has 1 aliphatic rings. The van der Waals surface area contributed by atoms with Gasteiger partial charge in [-0.2, -0.15) is 0 Å². The topological polar surface area (TPSA) is 75.7 Å². The average molecular weight is 499 g/mol. The lowest BCUT2D eigenvalue weighted by atomic mass is 9.99. The number of halogens is 2. The maximum Gasteiger partial charge on any atom is 0.224 e. The Balaban J connectivity index is 1.51. The van der Waals surface area contributed by atoms with E-state index >= 15 is 0 Å². The Morgan fingerprint density at radius 2 is 1.88 bits per heavy atom. The van der Waals surface area contributed by atoms with E-state index in [9.17, 15) is 13.2 Å². The van der Waals surface area contributed by atoms with Gasteiger partial charge in [-0.15, -0.1) is 0 Å². The normalized spacial score (nSPS) is 17.2. The first-order valence-electron chi connectivity index (χ1n) is 10.5. The summed E-state index contributed by atoms with van der Waals surface area (Å²) in [6.07, 6.45) is 1.28. The molecule has 2 aromatic carbocycles. The van der Waals surface area contributed by atoms with Gasteiger partial charge in [0.1, 0.15) is 12.4 Å². The van der Waals surface area contributed by atoms with Gasteiger partial charge in [0.25, 0.3) is 0 Å². The van der Waals surface area contributed by atoms with E-state index in [2.05, 4.69) is 11.4 Å². The van der Waals surface area contributed by atoms with Gasteiger partial charge in [0.05, 0.1) is 18.2 Å². The lowest BCUT2D eigenvalue weighted by Gasteiger charge is -2.31. The van der Waals surface area contributed by atoms with Gasteiger partial charge in [0.2, 0.25) is 15.9 Å². The number of sulfonamides is 1. The Bertz CT molecular complexity index is 1060. The highest BCUT2D eigenvalue weighted by atomic mass is 35.5. The number of hydrogen-bond acceptors (Lipinski definition) is 4. The summed E-state index contributed by atoms with van der Waals surface area (Å²) in [6, 6.07) is 10.7. The van der Waals surface area contributed by atoms with Gasteiger partial charge in [-0.25, -0.2) is 12.7 Å². The van der Waals surface area contributed by atoms with E-state index in [4.69, 9.17) is 27.9 Å². The van der Waals surface area contributed by atoms with Crippen LogP contribution in [0.3, 0.4) is 0 Å². The molecule has 174 valence electrons. The van der Waals surface area contributed by atoms with Gasteiger partial charge in [0, 0.05) is 23.1 Å². The van der Waals surface area contributed by atoms with Crippen molar-refractivity contribution in [1.29, 1.82) is 0 Å². The Labute approximate surface area is 199 Å². The minimum atomic E-state index is -3.61. The first kappa shape index (κ1) is 24.8. The van der Waals surface area contributed by atoms with E-state index in [0.717, 1.165) is 16.9 Å². The third-order valence-corrected chi connectivity index (χ3v) is 7.75. The molecule has 1 heterocycles. The number of piperidine rings is 1. The van der Waals surface area contributed by atoms with E-state index in [-0.39, 0.29) is 24.1 Å². The highest BCUT2D eigenvalue weighted by Crippen LogP contribution is 2.26. The van der Waals surface area contributed by atoms with Crippen LogP contribution >= 0.6 is 23.2 Å². The number of hydrogen-bond donors (Lipinski definition) is 1. The molecule has 32 heavy (non-hydrogen) atoms. The zero-order valence-corrected chi connectivity index (χ0v) is 20.6. The second kappa shape index (κ2) is 10.9. The first-order valence-corrected chi connectivity index (χ1v) is 12.9. The molecule has 1 fully saturated rings. The van der Waals surface area contributed by atoms with Crippen LogP contribution in [0.1, 0.15) is 29.5 Å². The largest absolute Gasteiger partial charge is 0.492 e. The second-order valence-corrected chi connectivity index (χ2v) is 11.0. The minimum absolute atomic E-state index is 0.154. The molecule has 2 aromatic rings. The number of amides is 1. The summed E-state index contributed by atoms with van der Waals surface area (Å²) in [6.45, 7) is 5.27. The molecule has 1 aliphatic heterocycles. The Morgan fingerprint density at radius 3 is 2.56 bits per heavy atom. The maximum absolute atomic E-state index is 12.9. The molecule has 0 saturated carbocycles. The van der Waals surface area contributed by atoms with Crippen molar-refractivity contribution in [3.63, 3.8) is 0 Å². The summed E-state index contributed by atoms with van der Waals surface area (Å²) in [5.74, 6) is 0.00703. The highest BCUT2D eigenvalue weighted by molar-refractivity contribution is 7.88. The Kier molecular flexibility index (Phi) is 8.44. The van der Waals surface area contributed by atoms with Crippen molar-refractivity contribution < 1.29 is 17.9 Å². The average Bonchev–Trinajstić information content (AvgIpc) is 2.72. The predicted octanol–water partition coefficient (Wildman–Crippen LogP) is 4.35. The number of rotatable bonds is 8. The molecule has 0 aliphatic carbocycles. The van der Waals surface area contributed by atoms with Crippen molar-refractivity contribution in [2.24, 2.45) is 5.92 Å². The van der Waals surface area contributed by atoms with E-state index in [1.807, 2.05) is 26.0 Å². The lowest BCUT2D eigenvalue weighted by molar-refractivity contribution is -0.126. The summed E-state index contributed by atoms with van der Waals surface area (Å²) in [4.78, 5) is 12.6. The fraction of sp³-hybridized carbons (Fsp3) is 0.435. The number of carbonyl (C=O) groups excluding carboxylic acids is 1. The first-order chi connectivity index (χ1) is 15.1. The number of nitrogens with one attached hydrogen (secondary N) is 1. The fourth-order valence-corrected chi connectivity index (χ4v) is 6.04. The Morgan fingerprint density at radius 1 is 1.16 bits per heavy atom. The highest BCUT2D eigenvalue weighted by Gasteiger charge is 2.32. The number of nitrogens with zero attached hydrogens (tertiary/aromatic N) is 1. The van der Waals surface area contributed by atoms with Gasteiger partial charge in [0.15, 0.2) is 0 Å². The molecule has 1 N–H and O–H groups in total. The van der Waals surface area contributed by atoms with Crippen LogP contribution in [0.2, 0.25) is 10.0 Å². The van der Waals surface area contributed by atoms with Crippen LogP contribution in [0.15, 0.2) is 36.4 Å². The van der Waals surface area contributed by atoms with Crippen LogP contribution in [-0.4, -0.2) is 44.9 Å². The molecule has 1 saturated heterocycles. The van der Waals surface area contributed by atoms with E-state index in [1.165, 1.54) is 10.4 Å². The van der Waals surface area contributed by atoms with Crippen molar-refractivity contribution >= 4 is 39.1 Å². The third-order valence-electron chi connectivity index (χ3n) is 5.37. The summed E-state index contributed by atoms with van der Waals surface area (Å²) in [5.41, 5.74) is 2.73. The van der Waals surface area contributed by atoms with Crippen molar-refractivity contribution in [3.05, 3.63) is 63.1 Å². The third kappa shape index (κ3) is 6.85. The van der Waals surface area contributed by atoms with E-state index in [0.29, 0.717) is 48.1 Å². The van der Waals surface area contributed by atoms with Gasteiger partial charge >= 0.3 is 0 Å². The molecule has 1 amide bonds. The molecule has 0 spiro atoms. The lowest BCUT2D eigenvalue weighted by Crippen LogP contribution is -2.46. The second-order valence-electron chi connectivity index (χ2n) is 8.15. The van der Waals surface area contributed by atoms with Gasteiger partial charge in [-0.1, -0.05) is 35.3 Å². The maximum atomic E-state index is 12.9. The molecule has 1 atom stereocenters. The number of carbonyl (C=O) groups is 1. The van der Waals surface area contributed by atoms with Crippen LogP contribution in [-0.2, 0) is 20.6 Å². The number of ether oxygens (including phenoxy) is 1. The van der Waals surface area contributed by atoms with Crippen LogP contribution in [0, 0.1) is 19.8 Å². The van der Waals surface area contributed by atoms with Gasteiger partial charge in [-0.3, -0.25) is 4.79 Å². The Hall–Kier alpha value is -1.80.